The van der Waals surface area contributed by atoms with Gasteiger partial charge in [-0.15, -0.1) is 0 Å². The Balaban J connectivity index is 2.62. The molecule has 96 valence electrons. The lowest BCUT2D eigenvalue weighted by molar-refractivity contribution is 0.0361. The first-order valence-electron chi connectivity index (χ1n) is 5.21. The molecule has 2 unspecified atom stereocenters. The third-order valence-corrected chi connectivity index (χ3v) is 4.47. The summed E-state index contributed by atoms with van der Waals surface area (Å²) in [6, 6.07) is 5.21. The molecule has 0 fully saturated rings. The molecule has 5 heteroatoms. The van der Waals surface area contributed by atoms with Gasteiger partial charge in [-0.3, -0.25) is 0 Å². The highest BCUT2D eigenvalue weighted by Gasteiger charge is 2.41. The second kappa shape index (κ2) is 5.33. The van der Waals surface area contributed by atoms with Crippen LogP contribution >= 0.6 is 39.1 Å². The lowest BCUT2D eigenvalue weighted by Crippen LogP contribution is -2.37. The first-order valence-corrected chi connectivity index (χ1v) is 6.88. The van der Waals surface area contributed by atoms with E-state index < -0.39 is 10.4 Å². The van der Waals surface area contributed by atoms with Crippen molar-refractivity contribution in [3.8, 4) is 0 Å². The van der Waals surface area contributed by atoms with Crippen molar-refractivity contribution in [1.82, 2.24) is 0 Å². The van der Waals surface area contributed by atoms with Crippen molar-refractivity contribution in [2.24, 2.45) is 0 Å². The quantitative estimate of drug-likeness (QED) is 0.679. The molecule has 2 rings (SSSR count). The van der Waals surface area contributed by atoms with E-state index in [1.807, 2.05) is 0 Å². The number of hydrogen-bond donors (Lipinski definition) is 0. The van der Waals surface area contributed by atoms with Crippen LogP contribution in [0.25, 0.3) is 0 Å². The summed E-state index contributed by atoms with van der Waals surface area (Å²) >= 11 is 15.8. The van der Waals surface area contributed by atoms with Gasteiger partial charge >= 0.3 is 0 Å². The highest BCUT2D eigenvalue weighted by atomic mass is 79.9. The zero-order chi connectivity index (χ0) is 13.3. The number of rotatable bonds is 2. The van der Waals surface area contributed by atoms with E-state index in [0.29, 0.717) is 15.6 Å². The van der Waals surface area contributed by atoms with E-state index in [-0.39, 0.29) is 5.83 Å². The van der Waals surface area contributed by atoms with Gasteiger partial charge < -0.3 is 4.74 Å². The Morgan fingerprint density at radius 2 is 1.94 bits per heavy atom. The standard InChI is InChI=1S/C13H10BrCl2FO/c1-18-13(6-5-8(17)7-11(13)14)12-9(15)3-2-4-10(12)16/h2-7,11H,1H3. The van der Waals surface area contributed by atoms with Crippen LogP contribution in [0.15, 0.2) is 42.3 Å². The van der Waals surface area contributed by atoms with Gasteiger partial charge in [0.15, 0.2) is 0 Å². The summed E-state index contributed by atoms with van der Waals surface area (Å²) in [5, 5.41) is 0.961. The van der Waals surface area contributed by atoms with Crippen LogP contribution in [0, 0.1) is 0 Å². The minimum atomic E-state index is -0.912. The molecule has 0 bridgehead atoms. The Morgan fingerprint density at radius 1 is 1.33 bits per heavy atom. The normalized spacial score (nSPS) is 27.2. The Morgan fingerprint density at radius 3 is 2.44 bits per heavy atom. The minimum absolute atomic E-state index is 0.326. The first-order chi connectivity index (χ1) is 8.51. The molecule has 0 spiro atoms. The molecule has 1 aromatic rings. The van der Waals surface area contributed by atoms with Gasteiger partial charge in [-0.2, -0.15) is 0 Å². The maximum absolute atomic E-state index is 13.3. The van der Waals surface area contributed by atoms with Gasteiger partial charge in [0.2, 0.25) is 0 Å². The Bertz CT molecular complexity index is 509. The van der Waals surface area contributed by atoms with E-state index in [2.05, 4.69) is 15.9 Å². The number of halogens is 4. The zero-order valence-corrected chi connectivity index (χ0v) is 12.6. The molecule has 1 aromatic carbocycles. The molecule has 0 radical (unpaired) electrons. The number of allylic oxidation sites excluding steroid dienone is 2. The number of hydrogen-bond acceptors (Lipinski definition) is 1. The van der Waals surface area contributed by atoms with Crippen molar-refractivity contribution < 1.29 is 9.13 Å². The van der Waals surface area contributed by atoms with Gasteiger partial charge in [0.1, 0.15) is 11.4 Å². The summed E-state index contributed by atoms with van der Waals surface area (Å²) in [7, 11) is 1.54. The van der Waals surface area contributed by atoms with Gasteiger partial charge in [0.25, 0.3) is 0 Å². The third-order valence-electron chi connectivity index (χ3n) is 2.90. The number of alkyl halides is 1. The average Bonchev–Trinajstić information content (AvgIpc) is 2.32. The number of ether oxygens (including phenoxy) is 1. The Labute approximate surface area is 123 Å². The van der Waals surface area contributed by atoms with Crippen molar-refractivity contribution >= 4 is 39.1 Å². The predicted molar refractivity (Wildman–Crippen MR) is 76.2 cm³/mol. The fraction of sp³-hybridized carbons (Fsp3) is 0.231. The van der Waals surface area contributed by atoms with Crippen molar-refractivity contribution in [1.29, 1.82) is 0 Å². The molecule has 1 nitrogen and oxygen atoms in total. The molecule has 0 heterocycles. The largest absolute Gasteiger partial charge is 0.368 e. The smallest absolute Gasteiger partial charge is 0.130 e. The molecule has 18 heavy (non-hydrogen) atoms. The van der Waals surface area contributed by atoms with Gasteiger partial charge in [0, 0.05) is 22.7 Å². The fourth-order valence-electron chi connectivity index (χ4n) is 1.99. The van der Waals surface area contributed by atoms with Crippen LogP contribution in [0.2, 0.25) is 10.0 Å². The molecule has 0 amide bonds. The summed E-state index contributed by atoms with van der Waals surface area (Å²) in [6.45, 7) is 0. The first kappa shape index (κ1) is 14.1. The lowest BCUT2D eigenvalue weighted by Gasteiger charge is -2.36. The van der Waals surface area contributed by atoms with E-state index in [4.69, 9.17) is 27.9 Å². The SMILES string of the molecule is COC1(c2c(Cl)cccc2Cl)C=CC(F)=CC1Br. The summed E-state index contributed by atoms with van der Waals surface area (Å²) in [6.07, 6.45) is 4.39. The number of benzene rings is 1. The minimum Gasteiger partial charge on any atom is -0.368 e. The van der Waals surface area contributed by atoms with Gasteiger partial charge in [-0.25, -0.2) is 4.39 Å². The maximum Gasteiger partial charge on any atom is 0.130 e. The second-order valence-corrected chi connectivity index (χ2v) is 5.68. The zero-order valence-electron chi connectivity index (χ0n) is 9.46. The van der Waals surface area contributed by atoms with Crippen LogP contribution in [0.3, 0.4) is 0 Å². The third kappa shape index (κ3) is 2.25. The molecular formula is C13H10BrCl2FO. The molecular weight excluding hydrogens is 342 g/mol. The molecule has 0 aliphatic heterocycles. The molecule has 0 saturated carbocycles. The average molecular weight is 352 g/mol. The maximum atomic E-state index is 13.3. The lowest BCUT2D eigenvalue weighted by atomic mass is 9.86. The molecule has 0 saturated heterocycles. The monoisotopic (exact) mass is 350 g/mol. The van der Waals surface area contributed by atoms with E-state index in [9.17, 15) is 4.39 Å². The van der Waals surface area contributed by atoms with Crippen LogP contribution in [0.1, 0.15) is 5.56 Å². The van der Waals surface area contributed by atoms with Gasteiger partial charge in [-0.05, 0) is 30.4 Å². The summed E-state index contributed by atoms with van der Waals surface area (Å²) < 4.78 is 18.8. The van der Waals surface area contributed by atoms with E-state index in [0.717, 1.165) is 0 Å². The van der Waals surface area contributed by atoms with E-state index >= 15 is 0 Å². The van der Waals surface area contributed by atoms with E-state index in [1.54, 1.807) is 24.3 Å². The number of methoxy groups -OCH3 is 1. The van der Waals surface area contributed by atoms with Crippen LogP contribution in [0.4, 0.5) is 4.39 Å². The summed E-state index contributed by atoms with van der Waals surface area (Å²) in [4.78, 5) is -0.391. The molecule has 0 N–H and O–H groups in total. The second-order valence-electron chi connectivity index (χ2n) is 3.88. The van der Waals surface area contributed by atoms with Crippen LogP contribution < -0.4 is 0 Å². The van der Waals surface area contributed by atoms with Gasteiger partial charge in [-0.1, -0.05) is 45.2 Å². The van der Waals surface area contributed by atoms with E-state index in [1.165, 1.54) is 19.3 Å². The molecule has 1 aliphatic carbocycles. The van der Waals surface area contributed by atoms with Crippen LogP contribution in [0.5, 0.6) is 0 Å². The van der Waals surface area contributed by atoms with Crippen LogP contribution in [-0.4, -0.2) is 11.9 Å². The van der Waals surface area contributed by atoms with Crippen molar-refractivity contribution in [2.45, 2.75) is 10.4 Å². The topological polar surface area (TPSA) is 9.23 Å². The predicted octanol–water partition coefficient (Wildman–Crippen LogP) is 5.02. The summed E-state index contributed by atoms with van der Waals surface area (Å²) in [5.41, 5.74) is -0.289. The fourth-order valence-corrected chi connectivity index (χ4v) is 3.50. The van der Waals surface area contributed by atoms with Crippen molar-refractivity contribution in [3.05, 3.63) is 57.9 Å². The Kier molecular flexibility index (Phi) is 4.17. The van der Waals surface area contributed by atoms with Crippen molar-refractivity contribution in [3.63, 3.8) is 0 Å². The Hall–Kier alpha value is -0.350. The van der Waals surface area contributed by atoms with Crippen molar-refractivity contribution in [2.75, 3.05) is 7.11 Å². The molecule has 2 atom stereocenters. The molecule has 1 aliphatic rings. The highest BCUT2D eigenvalue weighted by molar-refractivity contribution is 9.09. The summed E-state index contributed by atoms with van der Waals surface area (Å²) in [5.74, 6) is -0.326. The highest BCUT2D eigenvalue weighted by Crippen LogP contribution is 2.45. The molecule has 0 aromatic heterocycles. The van der Waals surface area contributed by atoms with Gasteiger partial charge in [0.05, 0.1) is 4.83 Å². The van der Waals surface area contributed by atoms with Crippen LogP contribution in [-0.2, 0) is 10.3 Å².